The highest BCUT2D eigenvalue weighted by Gasteiger charge is 2.19. The summed E-state index contributed by atoms with van der Waals surface area (Å²) in [6, 6.07) is 0. The van der Waals surface area contributed by atoms with Crippen LogP contribution in [0.25, 0.3) is 0 Å². The molecule has 0 aliphatic rings. The molecule has 0 spiro atoms. The lowest BCUT2D eigenvalue weighted by Gasteiger charge is -2.18. The summed E-state index contributed by atoms with van der Waals surface area (Å²) in [7, 11) is 0. The topological polar surface area (TPSA) is 78.9 Å². The molecule has 0 aromatic rings. The van der Waals surface area contributed by atoms with Crippen LogP contribution in [0.2, 0.25) is 0 Å². The van der Waals surface area contributed by atoms with Crippen molar-refractivity contribution in [1.29, 1.82) is 0 Å². The van der Waals surface area contributed by atoms with Gasteiger partial charge in [-0.1, -0.05) is 220 Å². The van der Waals surface area contributed by atoms with Gasteiger partial charge in [0.15, 0.2) is 6.10 Å². The summed E-state index contributed by atoms with van der Waals surface area (Å²) in [5.74, 6) is -0.980. The van der Waals surface area contributed by atoms with Gasteiger partial charge in [0, 0.05) is 19.3 Å². The molecule has 0 bridgehead atoms. The van der Waals surface area contributed by atoms with E-state index in [0.717, 1.165) is 96.3 Å². The first kappa shape index (κ1) is 55.1. The molecule has 0 aromatic carbocycles. The summed E-state index contributed by atoms with van der Waals surface area (Å²) in [6.07, 6.45) is 62.1. The van der Waals surface area contributed by atoms with Crippen LogP contribution >= 0.6 is 0 Å². The fourth-order valence-electron chi connectivity index (χ4n) is 6.00. The standard InChI is InChI=1S/C53H84O6/c1-4-7-10-13-16-19-22-24-26-28-31-34-37-40-43-46-52(55)58-49-50(48-57-51(54)45-42-39-36-33-30-21-18-15-12-9-6-3)59-53(56)47-44-41-38-35-32-29-27-25-23-20-17-14-11-8-5-2/h7-8,10-11,13-14,16-17,19-20,22-28,31,50H,4-6,9,12,15,18,21,29-30,32-49H2,1-3H3/b10-7-,11-8-,16-13-,17-14-,22-19-,23-20-,26-24-,27-25-,31-28-. The van der Waals surface area contributed by atoms with Crippen LogP contribution in [0.5, 0.6) is 0 Å². The van der Waals surface area contributed by atoms with Crippen LogP contribution in [0.3, 0.4) is 0 Å². The summed E-state index contributed by atoms with van der Waals surface area (Å²) >= 11 is 0. The Morgan fingerprint density at radius 1 is 0.356 bits per heavy atom. The van der Waals surface area contributed by atoms with Gasteiger partial charge in [-0.15, -0.1) is 0 Å². The highest BCUT2D eigenvalue weighted by molar-refractivity contribution is 5.71. The van der Waals surface area contributed by atoms with Crippen molar-refractivity contribution in [3.63, 3.8) is 0 Å². The molecule has 0 saturated carbocycles. The summed E-state index contributed by atoms with van der Waals surface area (Å²) in [4.78, 5) is 37.8. The predicted octanol–water partition coefficient (Wildman–Crippen LogP) is 15.2. The number of allylic oxidation sites excluding steroid dienone is 18. The summed E-state index contributed by atoms with van der Waals surface area (Å²) < 4.78 is 16.7. The highest BCUT2D eigenvalue weighted by atomic mass is 16.6. The Morgan fingerprint density at radius 3 is 1.05 bits per heavy atom. The first-order chi connectivity index (χ1) is 29.0. The lowest BCUT2D eigenvalue weighted by molar-refractivity contribution is -0.167. The zero-order chi connectivity index (χ0) is 43.0. The van der Waals surface area contributed by atoms with Gasteiger partial charge in [0.1, 0.15) is 13.2 Å². The van der Waals surface area contributed by atoms with Gasteiger partial charge in [0.05, 0.1) is 0 Å². The molecule has 0 amide bonds. The maximum absolute atomic E-state index is 12.7. The van der Waals surface area contributed by atoms with Crippen LogP contribution in [0.15, 0.2) is 109 Å². The van der Waals surface area contributed by atoms with E-state index < -0.39 is 6.10 Å². The molecule has 0 saturated heterocycles. The van der Waals surface area contributed by atoms with Crippen molar-refractivity contribution in [3.05, 3.63) is 109 Å². The minimum absolute atomic E-state index is 0.103. The zero-order valence-electron chi connectivity index (χ0n) is 37.7. The van der Waals surface area contributed by atoms with Crippen LogP contribution in [0.4, 0.5) is 0 Å². The van der Waals surface area contributed by atoms with Gasteiger partial charge < -0.3 is 14.2 Å². The normalized spacial score (nSPS) is 13.1. The van der Waals surface area contributed by atoms with Crippen LogP contribution in [-0.4, -0.2) is 37.2 Å². The zero-order valence-corrected chi connectivity index (χ0v) is 37.7. The van der Waals surface area contributed by atoms with Crippen LogP contribution < -0.4 is 0 Å². The molecule has 0 heterocycles. The Balaban J connectivity index is 4.53. The number of hydrogen-bond acceptors (Lipinski definition) is 6. The monoisotopic (exact) mass is 817 g/mol. The van der Waals surface area contributed by atoms with E-state index in [2.05, 4.69) is 57.2 Å². The minimum Gasteiger partial charge on any atom is -0.462 e. The van der Waals surface area contributed by atoms with Crippen molar-refractivity contribution < 1.29 is 28.6 Å². The Morgan fingerprint density at radius 2 is 0.661 bits per heavy atom. The van der Waals surface area contributed by atoms with Crippen LogP contribution in [0, 0.1) is 0 Å². The van der Waals surface area contributed by atoms with E-state index in [1.54, 1.807) is 0 Å². The average molecular weight is 817 g/mol. The number of carbonyl (C=O) groups excluding carboxylic acids is 3. The summed E-state index contributed by atoms with van der Waals surface area (Å²) in [5.41, 5.74) is 0. The van der Waals surface area contributed by atoms with Crippen molar-refractivity contribution in [3.8, 4) is 0 Å². The molecule has 332 valence electrons. The Hall–Kier alpha value is -3.93. The molecule has 1 unspecified atom stereocenters. The third-order valence-electron chi connectivity index (χ3n) is 9.50. The highest BCUT2D eigenvalue weighted by Crippen LogP contribution is 2.14. The van der Waals surface area contributed by atoms with E-state index in [9.17, 15) is 14.4 Å². The molecule has 0 radical (unpaired) electrons. The second-order valence-electron chi connectivity index (χ2n) is 15.1. The smallest absolute Gasteiger partial charge is 0.306 e. The minimum atomic E-state index is -0.807. The largest absolute Gasteiger partial charge is 0.462 e. The molecular formula is C53H84O6. The quantitative estimate of drug-likeness (QED) is 0.0265. The third-order valence-corrected chi connectivity index (χ3v) is 9.50. The number of ether oxygens (including phenoxy) is 3. The molecule has 0 N–H and O–H groups in total. The van der Waals surface area contributed by atoms with Gasteiger partial charge in [-0.2, -0.15) is 0 Å². The SMILES string of the molecule is CC\C=C/C=C\C=C/C=C\C=C/CCCCCC(=O)OCC(COC(=O)CCCCCCCCCCCCC)OC(=O)CCCCCCC\C=C/C=C\C=C/C=C\CC. The first-order valence-corrected chi connectivity index (χ1v) is 23.5. The number of unbranched alkanes of at least 4 members (excludes halogenated alkanes) is 18. The summed E-state index contributed by atoms with van der Waals surface area (Å²) in [6.45, 7) is 6.27. The lowest BCUT2D eigenvalue weighted by atomic mass is 10.1. The molecule has 0 aromatic heterocycles. The third kappa shape index (κ3) is 45.0. The second kappa shape index (κ2) is 46.8. The van der Waals surface area contributed by atoms with E-state index in [1.165, 1.54) is 51.4 Å². The van der Waals surface area contributed by atoms with Crippen molar-refractivity contribution in [2.45, 2.75) is 194 Å². The predicted molar refractivity (Wildman–Crippen MR) is 251 cm³/mol. The van der Waals surface area contributed by atoms with Crippen LogP contribution in [-0.2, 0) is 28.6 Å². The van der Waals surface area contributed by atoms with E-state index in [4.69, 9.17) is 14.2 Å². The van der Waals surface area contributed by atoms with Gasteiger partial charge in [-0.25, -0.2) is 0 Å². The van der Waals surface area contributed by atoms with Gasteiger partial charge in [0.2, 0.25) is 0 Å². The number of hydrogen-bond donors (Lipinski definition) is 0. The van der Waals surface area contributed by atoms with E-state index in [1.807, 2.05) is 72.9 Å². The number of carbonyl (C=O) groups is 3. The fourth-order valence-corrected chi connectivity index (χ4v) is 6.00. The Kier molecular flexibility index (Phi) is 43.6. The number of esters is 3. The van der Waals surface area contributed by atoms with Gasteiger partial charge in [-0.05, 0) is 57.8 Å². The molecule has 0 aliphatic carbocycles. The molecular weight excluding hydrogens is 733 g/mol. The molecule has 0 fully saturated rings. The van der Waals surface area contributed by atoms with Gasteiger partial charge >= 0.3 is 17.9 Å². The van der Waals surface area contributed by atoms with E-state index >= 15 is 0 Å². The molecule has 0 aliphatic heterocycles. The molecule has 0 rings (SSSR count). The molecule has 59 heavy (non-hydrogen) atoms. The maximum Gasteiger partial charge on any atom is 0.306 e. The van der Waals surface area contributed by atoms with Crippen molar-refractivity contribution in [1.82, 2.24) is 0 Å². The number of rotatable bonds is 40. The average Bonchev–Trinajstić information content (AvgIpc) is 3.23. The van der Waals surface area contributed by atoms with Crippen LogP contribution in [0.1, 0.15) is 188 Å². The molecule has 6 nitrogen and oxygen atoms in total. The van der Waals surface area contributed by atoms with E-state index in [-0.39, 0.29) is 37.5 Å². The molecule has 6 heteroatoms. The Labute approximate surface area is 361 Å². The Bertz CT molecular complexity index is 1260. The van der Waals surface area contributed by atoms with Crippen molar-refractivity contribution >= 4 is 17.9 Å². The van der Waals surface area contributed by atoms with Crippen molar-refractivity contribution in [2.75, 3.05) is 13.2 Å². The first-order valence-electron chi connectivity index (χ1n) is 23.5. The molecule has 1 atom stereocenters. The fraction of sp³-hybridized carbons (Fsp3) is 0.604. The van der Waals surface area contributed by atoms with Gasteiger partial charge in [-0.3, -0.25) is 14.4 Å². The summed E-state index contributed by atoms with van der Waals surface area (Å²) in [5, 5.41) is 0. The second-order valence-corrected chi connectivity index (χ2v) is 15.1. The lowest BCUT2D eigenvalue weighted by Crippen LogP contribution is -2.30. The van der Waals surface area contributed by atoms with Gasteiger partial charge in [0.25, 0.3) is 0 Å². The van der Waals surface area contributed by atoms with Crippen molar-refractivity contribution in [2.24, 2.45) is 0 Å². The van der Waals surface area contributed by atoms with E-state index in [0.29, 0.717) is 12.8 Å². The maximum atomic E-state index is 12.7.